The van der Waals surface area contributed by atoms with Crippen LogP contribution >= 0.6 is 0 Å². The van der Waals surface area contributed by atoms with Crippen LogP contribution in [-0.2, 0) is 9.59 Å². The third kappa shape index (κ3) is 3.20. The summed E-state index contributed by atoms with van der Waals surface area (Å²) in [5, 5.41) is 11.4. The van der Waals surface area contributed by atoms with E-state index < -0.39 is 31.0 Å². The fourth-order valence-corrected chi connectivity index (χ4v) is 2.70. The van der Waals surface area contributed by atoms with E-state index in [2.05, 4.69) is 33.0 Å². The summed E-state index contributed by atoms with van der Waals surface area (Å²) < 4.78 is 0. The molecule has 0 aromatic rings. The zero-order chi connectivity index (χ0) is 15.7. The summed E-state index contributed by atoms with van der Waals surface area (Å²) in [7, 11) is 0. The molecule has 0 spiro atoms. The monoisotopic (exact) mass is 285 g/mol. The molecule has 0 radical (unpaired) electrons. The lowest BCUT2D eigenvalue weighted by Gasteiger charge is -2.19. The topological polar surface area (TPSA) is 113 Å². The van der Waals surface area contributed by atoms with Crippen LogP contribution in [0.25, 0.3) is 0 Å². The van der Waals surface area contributed by atoms with Gasteiger partial charge < -0.3 is 21.1 Å². The number of carboxylic acids is 1. The van der Waals surface area contributed by atoms with E-state index in [9.17, 15) is 14.4 Å². The lowest BCUT2D eigenvalue weighted by Crippen LogP contribution is -2.47. The van der Waals surface area contributed by atoms with Crippen LogP contribution in [-0.4, -0.2) is 47.5 Å². The molecule has 0 aromatic heterocycles. The van der Waals surface area contributed by atoms with Gasteiger partial charge in [0, 0.05) is 6.54 Å². The summed E-state index contributed by atoms with van der Waals surface area (Å²) >= 11 is 0. The average Bonchev–Trinajstić information content (AvgIpc) is 2.64. The number of carbonyl (C=O) groups is 3. The highest BCUT2D eigenvalue weighted by molar-refractivity contribution is 5.85. The van der Waals surface area contributed by atoms with E-state index in [1.54, 1.807) is 0 Å². The smallest absolute Gasteiger partial charge is 0.323 e. The van der Waals surface area contributed by atoms with Gasteiger partial charge in [-0.2, -0.15) is 0 Å². The Morgan fingerprint density at radius 3 is 2.00 bits per heavy atom. The third-order valence-corrected chi connectivity index (χ3v) is 4.74. The van der Waals surface area contributed by atoms with Crippen molar-refractivity contribution < 1.29 is 19.5 Å². The van der Waals surface area contributed by atoms with Crippen LogP contribution in [0.4, 0.5) is 4.79 Å². The number of nitrogens with one attached hydrogen (secondary N) is 1. The van der Waals surface area contributed by atoms with Crippen LogP contribution in [0.5, 0.6) is 0 Å². The Morgan fingerprint density at radius 1 is 1.15 bits per heavy atom. The van der Waals surface area contributed by atoms with Crippen molar-refractivity contribution in [2.75, 3.05) is 19.6 Å². The molecule has 1 rings (SSSR count). The van der Waals surface area contributed by atoms with E-state index in [-0.39, 0.29) is 10.8 Å². The first-order valence-corrected chi connectivity index (χ1v) is 6.53. The fourth-order valence-electron chi connectivity index (χ4n) is 2.70. The molecule has 0 unspecified atom stereocenters. The summed E-state index contributed by atoms with van der Waals surface area (Å²) in [4.78, 5) is 34.3. The molecule has 7 heteroatoms. The van der Waals surface area contributed by atoms with Crippen LogP contribution in [0.15, 0.2) is 0 Å². The van der Waals surface area contributed by atoms with E-state index >= 15 is 0 Å². The predicted octanol–water partition coefficient (Wildman–Crippen LogP) is 0.250. The van der Waals surface area contributed by atoms with Crippen LogP contribution in [0.3, 0.4) is 0 Å². The normalized spacial score (nSPS) is 19.2. The van der Waals surface area contributed by atoms with Crippen molar-refractivity contribution in [2.45, 2.75) is 27.7 Å². The molecular formula is C13H23N3O4. The SMILES string of the molecule is CC1(C)C(CNC(=O)N(CC(N)=O)CC(=O)O)C1(C)C. The van der Waals surface area contributed by atoms with Gasteiger partial charge in [0.05, 0.1) is 0 Å². The van der Waals surface area contributed by atoms with E-state index in [0.29, 0.717) is 12.5 Å². The molecule has 0 aromatic carbocycles. The van der Waals surface area contributed by atoms with Gasteiger partial charge in [-0.1, -0.05) is 27.7 Å². The maximum atomic E-state index is 11.9. The maximum Gasteiger partial charge on any atom is 0.323 e. The highest BCUT2D eigenvalue weighted by Gasteiger charge is 2.64. The lowest BCUT2D eigenvalue weighted by molar-refractivity contribution is -0.137. The first kappa shape index (κ1) is 16.3. The molecule has 0 bridgehead atoms. The third-order valence-electron chi connectivity index (χ3n) is 4.74. The molecule has 0 aliphatic heterocycles. The maximum absolute atomic E-state index is 11.9. The van der Waals surface area contributed by atoms with Gasteiger partial charge in [0.25, 0.3) is 0 Å². The number of amides is 3. The van der Waals surface area contributed by atoms with Crippen LogP contribution in [0.1, 0.15) is 27.7 Å². The standard InChI is InChI=1S/C13H23N3O4/c1-12(2)8(13(12,3)4)5-15-11(20)16(6-9(14)17)7-10(18)19/h8H,5-7H2,1-4H3,(H2,14,17)(H,15,20)(H,18,19). The van der Waals surface area contributed by atoms with Crippen LogP contribution in [0, 0.1) is 16.7 Å². The molecule has 4 N–H and O–H groups in total. The lowest BCUT2D eigenvalue weighted by atomic mass is 10.0. The number of nitrogens with two attached hydrogens (primary N) is 1. The fraction of sp³-hybridized carbons (Fsp3) is 0.769. The van der Waals surface area contributed by atoms with Crippen molar-refractivity contribution in [3.8, 4) is 0 Å². The summed E-state index contributed by atoms with van der Waals surface area (Å²) in [6.07, 6.45) is 0. The number of primary amides is 1. The van der Waals surface area contributed by atoms with Crippen LogP contribution < -0.4 is 11.1 Å². The number of hydrogen-bond acceptors (Lipinski definition) is 3. The van der Waals surface area contributed by atoms with Gasteiger partial charge in [-0.25, -0.2) is 4.79 Å². The summed E-state index contributed by atoms with van der Waals surface area (Å²) in [5.74, 6) is -1.61. The first-order valence-electron chi connectivity index (χ1n) is 6.53. The molecular weight excluding hydrogens is 262 g/mol. The Bertz CT molecular complexity index is 401. The van der Waals surface area contributed by atoms with Gasteiger partial charge in [-0.3, -0.25) is 9.59 Å². The van der Waals surface area contributed by atoms with E-state index in [1.807, 2.05) is 0 Å². The molecule has 1 aliphatic rings. The van der Waals surface area contributed by atoms with Crippen molar-refractivity contribution in [1.29, 1.82) is 0 Å². The average molecular weight is 285 g/mol. The molecule has 1 saturated carbocycles. The van der Waals surface area contributed by atoms with E-state index in [4.69, 9.17) is 10.8 Å². The summed E-state index contributed by atoms with van der Waals surface area (Å²) in [6, 6.07) is -0.579. The minimum atomic E-state index is -1.19. The second-order valence-corrected chi connectivity index (χ2v) is 6.40. The Labute approximate surface area is 118 Å². The molecule has 1 aliphatic carbocycles. The minimum Gasteiger partial charge on any atom is -0.480 e. The highest BCUT2D eigenvalue weighted by atomic mass is 16.4. The number of carboxylic acid groups (broad SMARTS) is 1. The van der Waals surface area contributed by atoms with Gasteiger partial charge in [0.1, 0.15) is 13.1 Å². The number of hydrogen-bond donors (Lipinski definition) is 3. The molecule has 0 atom stereocenters. The Balaban J connectivity index is 2.55. The first-order chi connectivity index (χ1) is 9.00. The quantitative estimate of drug-likeness (QED) is 0.649. The number of aliphatic carboxylic acids is 1. The minimum absolute atomic E-state index is 0.127. The zero-order valence-corrected chi connectivity index (χ0v) is 12.4. The molecule has 3 amide bonds. The molecule has 0 saturated heterocycles. The van der Waals surface area contributed by atoms with Crippen molar-refractivity contribution in [3.05, 3.63) is 0 Å². The van der Waals surface area contributed by atoms with Crippen molar-refractivity contribution in [2.24, 2.45) is 22.5 Å². The van der Waals surface area contributed by atoms with Crippen LogP contribution in [0.2, 0.25) is 0 Å². The number of nitrogens with zero attached hydrogens (tertiary/aromatic N) is 1. The van der Waals surface area contributed by atoms with Gasteiger partial charge in [-0.05, 0) is 16.7 Å². The van der Waals surface area contributed by atoms with E-state index in [1.165, 1.54) is 0 Å². The largest absolute Gasteiger partial charge is 0.480 e. The molecule has 7 nitrogen and oxygen atoms in total. The van der Waals surface area contributed by atoms with Crippen molar-refractivity contribution in [3.63, 3.8) is 0 Å². The van der Waals surface area contributed by atoms with Crippen molar-refractivity contribution >= 4 is 17.9 Å². The molecule has 0 heterocycles. The highest BCUT2D eigenvalue weighted by Crippen LogP contribution is 2.67. The second-order valence-electron chi connectivity index (χ2n) is 6.40. The van der Waals surface area contributed by atoms with Gasteiger partial charge in [0.15, 0.2) is 0 Å². The predicted molar refractivity (Wildman–Crippen MR) is 72.9 cm³/mol. The Morgan fingerprint density at radius 2 is 1.65 bits per heavy atom. The number of rotatable bonds is 6. The summed E-state index contributed by atoms with van der Waals surface area (Å²) in [6.45, 7) is 8.00. The van der Waals surface area contributed by atoms with E-state index in [0.717, 1.165) is 4.90 Å². The molecule has 114 valence electrons. The number of carbonyl (C=O) groups excluding carboxylic acids is 2. The zero-order valence-electron chi connectivity index (χ0n) is 12.4. The number of urea groups is 1. The Hall–Kier alpha value is -1.79. The summed E-state index contributed by atoms with van der Waals surface area (Å²) in [5.41, 5.74) is 5.26. The van der Waals surface area contributed by atoms with Crippen molar-refractivity contribution in [1.82, 2.24) is 10.2 Å². The Kier molecular flexibility index (Phi) is 4.31. The van der Waals surface area contributed by atoms with Gasteiger partial charge >= 0.3 is 12.0 Å². The molecule has 1 fully saturated rings. The second kappa shape index (κ2) is 5.30. The molecule has 20 heavy (non-hydrogen) atoms. The van der Waals surface area contributed by atoms with Gasteiger partial charge in [-0.15, -0.1) is 0 Å². The van der Waals surface area contributed by atoms with Gasteiger partial charge in [0.2, 0.25) is 5.91 Å².